The lowest BCUT2D eigenvalue weighted by Gasteiger charge is -2.32. The molecule has 9 nitrogen and oxygen atoms in total. The number of rotatable bonds is 5. The van der Waals surface area contributed by atoms with E-state index in [-0.39, 0.29) is 6.10 Å². The third kappa shape index (κ3) is 6.68. The van der Waals surface area contributed by atoms with Gasteiger partial charge in [0.25, 0.3) is 0 Å². The molecule has 0 saturated carbocycles. The Kier molecular flexibility index (Phi) is 7.82. The number of H-pyrrole nitrogens is 1. The summed E-state index contributed by atoms with van der Waals surface area (Å²) in [5.41, 5.74) is 2.20. The number of aromatic nitrogens is 2. The number of carbonyl (C=O) groups is 2. The summed E-state index contributed by atoms with van der Waals surface area (Å²) in [5.74, 6) is -2.84. The minimum atomic E-state index is -1.82. The van der Waals surface area contributed by atoms with Crippen LogP contribution < -0.4 is 4.74 Å². The van der Waals surface area contributed by atoms with Gasteiger partial charge in [-0.1, -0.05) is 11.6 Å². The molecule has 3 N–H and O–H groups in total. The normalized spacial score (nSPS) is 16.4. The van der Waals surface area contributed by atoms with E-state index < -0.39 is 11.9 Å². The number of carboxylic acid groups (broad SMARTS) is 2. The van der Waals surface area contributed by atoms with E-state index in [1.807, 2.05) is 42.7 Å². The number of hydrogen-bond acceptors (Lipinski definition) is 6. The molecule has 31 heavy (non-hydrogen) atoms. The van der Waals surface area contributed by atoms with Crippen molar-refractivity contribution in [3.8, 4) is 5.75 Å². The zero-order valence-corrected chi connectivity index (χ0v) is 17.3. The van der Waals surface area contributed by atoms with Gasteiger partial charge in [-0.3, -0.25) is 4.90 Å². The summed E-state index contributed by atoms with van der Waals surface area (Å²) in [6.45, 7) is 3.90. The van der Waals surface area contributed by atoms with E-state index in [1.165, 1.54) is 10.9 Å². The molecule has 10 heteroatoms. The monoisotopic (exact) mass is 447 g/mol. The Bertz CT molecular complexity index is 1010. The second-order valence-electron chi connectivity index (χ2n) is 6.82. The predicted molar refractivity (Wildman–Crippen MR) is 113 cm³/mol. The second-order valence-corrected chi connectivity index (χ2v) is 7.25. The largest absolute Gasteiger partial charge is 0.491 e. The molecule has 3 heterocycles. The highest BCUT2D eigenvalue weighted by Gasteiger charge is 2.22. The summed E-state index contributed by atoms with van der Waals surface area (Å²) >= 11 is 5.89. The van der Waals surface area contributed by atoms with Crippen molar-refractivity contribution in [2.24, 2.45) is 0 Å². The molecular weight excluding hydrogens is 426 g/mol. The van der Waals surface area contributed by atoms with Crippen molar-refractivity contribution in [2.75, 3.05) is 26.3 Å². The lowest BCUT2D eigenvalue weighted by atomic mass is 10.2. The lowest BCUT2D eigenvalue weighted by molar-refractivity contribution is -0.159. The molecule has 0 amide bonds. The Morgan fingerprint density at radius 1 is 1.23 bits per heavy atom. The molecule has 164 valence electrons. The van der Waals surface area contributed by atoms with Gasteiger partial charge in [-0.15, -0.1) is 0 Å². The number of hydrogen-bond donors (Lipinski definition) is 3. The second kappa shape index (κ2) is 10.8. The third-order valence-electron chi connectivity index (χ3n) is 4.59. The molecule has 1 unspecified atom stereocenters. The Labute approximate surface area is 183 Å². The summed E-state index contributed by atoms with van der Waals surface area (Å²) < 4.78 is 11.7. The van der Waals surface area contributed by atoms with Crippen LogP contribution in [-0.2, 0) is 20.9 Å². The van der Waals surface area contributed by atoms with E-state index in [9.17, 15) is 0 Å². The Morgan fingerprint density at radius 3 is 2.68 bits per heavy atom. The van der Waals surface area contributed by atoms with Gasteiger partial charge in [0.2, 0.25) is 0 Å². The molecule has 0 aliphatic carbocycles. The SMILES string of the molecule is Clc1ccc(OCC2CN(Cc3c[nH]c4ncccc34)CCO2)cc1.O=C(O)C(=O)O. The van der Waals surface area contributed by atoms with Crippen LogP contribution in [-0.4, -0.2) is 69.4 Å². The summed E-state index contributed by atoms with van der Waals surface area (Å²) in [4.78, 5) is 28.2. The van der Waals surface area contributed by atoms with Crippen LogP contribution in [0.1, 0.15) is 5.56 Å². The average Bonchev–Trinajstić information content (AvgIpc) is 3.17. The highest BCUT2D eigenvalue weighted by molar-refractivity contribution is 6.30. The molecule has 1 aliphatic heterocycles. The van der Waals surface area contributed by atoms with Gasteiger partial charge in [0.1, 0.15) is 24.1 Å². The molecule has 1 fully saturated rings. The van der Waals surface area contributed by atoms with Crippen LogP contribution >= 0.6 is 11.6 Å². The maximum Gasteiger partial charge on any atom is 0.414 e. The average molecular weight is 448 g/mol. The number of ether oxygens (including phenoxy) is 2. The van der Waals surface area contributed by atoms with Gasteiger partial charge in [0.05, 0.1) is 6.61 Å². The molecule has 1 atom stereocenters. The molecule has 4 rings (SSSR count). The van der Waals surface area contributed by atoms with Gasteiger partial charge in [-0.25, -0.2) is 14.6 Å². The topological polar surface area (TPSA) is 125 Å². The first kappa shape index (κ1) is 22.5. The van der Waals surface area contributed by atoms with Crippen LogP contribution in [0.15, 0.2) is 48.8 Å². The molecule has 3 aromatic rings. The van der Waals surface area contributed by atoms with E-state index in [0.29, 0.717) is 11.6 Å². The van der Waals surface area contributed by atoms with Gasteiger partial charge in [-0.2, -0.15) is 0 Å². The standard InChI is InChI=1S/C19H20ClN3O2.C2H2O4/c20-15-3-5-16(6-4-15)25-13-17-12-23(8-9-24-17)11-14-10-22-19-18(14)2-1-7-21-19;3-1(4)2(5)6/h1-7,10,17H,8-9,11-13H2,(H,21,22);(H,3,4)(H,5,6). The smallest absolute Gasteiger partial charge is 0.414 e. The Balaban J connectivity index is 0.000000401. The number of aromatic amines is 1. The number of aliphatic carboxylic acids is 2. The predicted octanol–water partition coefficient (Wildman–Crippen LogP) is 2.65. The first-order valence-corrected chi connectivity index (χ1v) is 9.89. The maximum absolute atomic E-state index is 9.10. The van der Waals surface area contributed by atoms with Gasteiger partial charge in [0.15, 0.2) is 0 Å². The minimum absolute atomic E-state index is 0.0627. The third-order valence-corrected chi connectivity index (χ3v) is 4.84. The molecule has 1 aliphatic rings. The molecule has 1 aromatic carbocycles. The number of morpholine rings is 1. The number of benzene rings is 1. The summed E-state index contributed by atoms with van der Waals surface area (Å²) in [7, 11) is 0. The van der Waals surface area contributed by atoms with E-state index in [0.717, 1.165) is 37.6 Å². The van der Waals surface area contributed by atoms with Crippen molar-refractivity contribution in [3.63, 3.8) is 0 Å². The van der Waals surface area contributed by atoms with E-state index >= 15 is 0 Å². The summed E-state index contributed by atoms with van der Waals surface area (Å²) in [6.07, 6.45) is 3.92. The highest BCUT2D eigenvalue weighted by atomic mass is 35.5. The first-order chi connectivity index (χ1) is 14.9. The molecule has 0 spiro atoms. The minimum Gasteiger partial charge on any atom is -0.491 e. The number of pyridine rings is 1. The molecule has 0 radical (unpaired) electrons. The van der Waals surface area contributed by atoms with Gasteiger partial charge >= 0.3 is 11.9 Å². The van der Waals surface area contributed by atoms with Crippen molar-refractivity contribution < 1.29 is 29.3 Å². The van der Waals surface area contributed by atoms with Crippen LogP contribution in [0, 0.1) is 0 Å². The van der Waals surface area contributed by atoms with Gasteiger partial charge in [0, 0.05) is 42.4 Å². The number of halogens is 1. The quantitative estimate of drug-likeness (QED) is 0.510. The number of fused-ring (bicyclic) bond motifs is 1. The summed E-state index contributed by atoms with van der Waals surface area (Å²) in [6, 6.07) is 11.5. The zero-order chi connectivity index (χ0) is 22.2. The summed E-state index contributed by atoms with van der Waals surface area (Å²) in [5, 5.41) is 16.7. The Hall–Kier alpha value is -3.14. The Morgan fingerprint density at radius 2 is 1.97 bits per heavy atom. The number of nitrogens with one attached hydrogen (secondary N) is 1. The number of nitrogens with zero attached hydrogens (tertiary/aromatic N) is 2. The van der Waals surface area contributed by atoms with Gasteiger partial charge in [-0.05, 0) is 42.0 Å². The van der Waals surface area contributed by atoms with Crippen molar-refractivity contribution in [1.82, 2.24) is 14.9 Å². The molecule has 1 saturated heterocycles. The lowest BCUT2D eigenvalue weighted by Crippen LogP contribution is -2.44. The number of carboxylic acids is 2. The zero-order valence-electron chi connectivity index (χ0n) is 16.5. The van der Waals surface area contributed by atoms with E-state index in [4.69, 9.17) is 40.9 Å². The van der Waals surface area contributed by atoms with Crippen LogP contribution in [0.4, 0.5) is 0 Å². The molecule has 2 aromatic heterocycles. The van der Waals surface area contributed by atoms with E-state index in [2.05, 4.69) is 20.9 Å². The fraction of sp³-hybridized carbons (Fsp3) is 0.286. The first-order valence-electron chi connectivity index (χ1n) is 9.52. The van der Waals surface area contributed by atoms with Crippen LogP contribution in [0.5, 0.6) is 5.75 Å². The fourth-order valence-electron chi connectivity index (χ4n) is 3.13. The molecule has 0 bridgehead atoms. The van der Waals surface area contributed by atoms with Crippen LogP contribution in [0.2, 0.25) is 5.02 Å². The highest BCUT2D eigenvalue weighted by Crippen LogP contribution is 2.20. The van der Waals surface area contributed by atoms with Crippen LogP contribution in [0.3, 0.4) is 0 Å². The maximum atomic E-state index is 9.10. The van der Waals surface area contributed by atoms with Crippen LogP contribution in [0.25, 0.3) is 11.0 Å². The van der Waals surface area contributed by atoms with Crippen molar-refractivity contribution in [1.29, 1.82) is 0 Å². The van der Waals surface area contributed by atoms with Crippen molar-refractivity contribution in [2.45, 2.75) is 12.6 Å². The van der Waals surface area contributed by atoms with Crippen molar-refractivity contribution >= 4 is 34.6 Å². The van der Waals surface area contributed by atoms with Gasteiger partial charge < -0.3 is 24.7 Å². The molecular formula is C21H22ClN3O6. The fourth-order valence-corrected chi connectivity index (χ4v) is 3.26. The van der Waals surface area contributed by atoms with Crippen molar-refractivity contribution in [3.05, 3.63) is 59.4 Å². The van der Waals surface area contributed by atoms with E-state index in [1.54, 1.807) is 0 Å².